The van der Waals surface area contributed by atoms with Crippen LogP contribution >= 0.6 is 0 Å². The molecule has 26 heavy (non-hydrogen) atoms. The highest BCUT2D eigenvalue weighted by molar-refractivity contribution is 5.86. The van der Waals surface area contributed by atoms with Gasteiger partial charge in [-0.3, -0.25) is 9.59 Å². The molecule has 1 rings (SSSR count). The lowest BCUT2D eigenvalue weighted by molar-refractivity contribution is -0.140. The Labute approximate surface area is 154 Å². The van der Waals surface area contributed by atoms with E-state index in [4.69, 9.17) is 4.74 Å². The van der Waals surface area contributed by atoms with Crippen LogP contribution in [0.1, 0.15) is 40.5 Å². The molecule has 1 fully saturated rings. The molecule has 0 aliphatic carbocycles. The molecule has 0 saturated carbocycles. The second-order valence-corrected chi connectivity index (χ2v) is 7.20. The lowest BCUT2D eigenvalue weighted by Crippen LogP contribution is -2.47. The van der Waals surface area contributed by atoms with Crippen LogP contribution in [-0.2, 0) is 14.3 Å². The Morgan fingerprint density at radius 3 is 2.23 bits per heavy atom. The van der Waals surface area contributed by atoms with Crippen molar-refractivity contribution in [2.75, 3.05) is 13.2 Å². The third-order valence-electron chi connectivity index (χ3n) is 5.25. The monoisotopic (exact) mass is 372 g/mol. The average Bonchev–Trinajstić information content (AvgIpc) is 3.29. The Hall–Kier alpha value is -1.12. The number of hydrogen-bond donors (Lipinski definition) is 4. The number of ketones is 2. The predicted molar refractivity (Wildman–Crippen MR) is 95.3 cm³/mol. The number of ether oxygens (including phenoxy) is 1. The molecule has 7 atom stereocenters. The van der Waals surface area contributed by atoms with E-state index >= 15 is 0 Å². The van der Waals surface area contributed by atoms with Gasteiger partial charge in [-0.2, -0.15) is 0 Å². The van der Waals surface area contributed by atoms with E-state index in [1.807, 2.05) is 26.0 Å². The first-order chi connectivity index (χ1) is 12.2. The standard InChI is InChI=1S/C19H32O7/c1-5-7-11(3)18-19(4,26-18)17(25)14(10-21)16(24)13(9-20)15(23)8-12(22)6-2/h5,7,11,13-15,17-18,20-21,23,25H,6,8-10H2,1-4H3. The second-order valence-electron chi connectivity index (χ2n) is 7.20. The minimum atomic E-state index is -1.35. The number of epoxide rings is 1. The van der Waals surface area contributed by atoms with Crippen molar-refractivity contribution < 1.29 is 34.8 Å². The van der Waals surface area contributed by atoms with E-state index in [2.05, 4.69) is 0 Å². The molecule has 7 unspecified atom stereocenters. The molecule has 1 heterocycles. The van der Waals surface area contributed by atoms with E-state index < -0.39 is 48.6 Å². The lowest BCUT2D eigenvalue weighted by Gasteiger charge is -2.28. The summed E-state index contributed by atoms with van der Waals surface area (Å²) in [6, 6.07) is 0. The van der Waals surface area contributed by atoms with E-state index in [1.54, 1.807) is 13.8 Å². The molecule has 4 N–H and O–H groups in total. The SMILES string of the molecule is CC=CC(C)C1OC1(C)C(O)C(CO)C(=O)C(CO)C(O)CC(=O)CC. The Balaban J connectivity index is 2.88. The highest BCUT2D eigenvalue weighted by Gasteiger charge is 2.61. The molecular weight excluding hydrogens is 340 g/mol. The minimum absolute atomic E-state index is 0.0236. The van der Waals surface area contributed by atoms with E-state index in [0.29, 0.717) is 0 Å². The van der Waals surface area contributed by atoms with Gasteiger partial charge in [0, 0.05) is 18.8 Å². The number of aliphatic hydroxyl groups is 4. The van der Waals surface area contributed by atoms with E-state index in [1.165, 1.54) is 0 Å². The maximum absolute atomic E-state index is 12.7. The fraction of sp³-hybridized carbons (Fsp3) is 0.789. The number of carbonyl (C=O) groups excluding carboxylic acids is 2. The zero-order valence-electron chi connectivity index (χ0n) is 16.0. The van der Waals surface area contributed by atoms with E-state index in [-0.39, 0.29) is 30.6 Å². The predicted octanol–water partition coefficient (Wildman–Crippen LogP) is 0.233. The minimum Gasteiger partial charge on any atom is -0.396 e. The molecule has 150 valence electrons. The average molecular weight is 372 g/mol. The van der Waals surface area contributed by atoms with Crippen LogP contribution in [0.2, 0.25) is 0 Å². The van der Waals surface area contributed by atoms with Gasteiger partial charge in [0.1, 0.15) is 17.2 Å². The fourth-order valence-corrected chi connectivity index (χ4v) is 3.45. The van der Waals surface area contributed by atoms with Gasteiger partial charge in [0.05, 0.1) is 43.4 Å². The Morgan fingerprint density at radius 1 is 1.19 bits per heavy atom. The van der Waals surface area contributed by atoms with Gasteiger partial charge >= 0.3 is 0 Å². The molecule has 0 aromatic rings. The molecule has 7 heteroatoms. The quantitative estimate of drug-likeness (QED) is 0.285. The number of rotatable bonds is 12. The van der Waals surface area contributed by atoms with Gasteiger partial charge in [0.25, 0.3) is 0 Å². The molecule has 0 bridgehead atoms. The number of carbonyl (C=O) groups is 2. The second kappa shape index (κ2) is 9.71. The summed E-state index contributed by atoms with van der Waals surface area (Å²) in [7, 11) is 0. The van der Waals surface area contributed by atoms with Crippen LogP contribution in [-0.4, -0.2) is 69.1 Å². The first-order valence-corrected chi connectivity index (χ1v) is 9.11. The summed E-state index contributed by atoms with van der Waals surface area (Å²) in [6.45, 7) is 5.79. The van der Waals surface area contributed by atoms with Crippen molar-refractivity contribution in [3.63, 3.8) is 0 Å². The van der Waals surface area contributed by atoms with Crippen molar-refractivity contribution in [1.29, 1.82) is 0 Å². The van der Waals surface area contributed by atoms with Crippen LogP contribution in [0.4, 0.5) is 0 Å². The highest BCUT2D eigenvalue weighted by atomic mass is 16.6. The Bertz CT molecular complexity index is 518. The Kier molecular flexibility index (Phi) is 8.56. The first-order valence-electron chi connectivity index (χ1n) is 9.11. The molecule has 1 aliphatic heterocycles. The molecule has 0 aromatic carbocycles. The molecule has 0 amide bonds. The Morgan fingerprint density at radius 2 is 1.77 bits per heavy atom. The molecular formula is C19H32O7. The summed E-state index contributed by atoms with van der Waals surface area (Å²) >= 11 is 0. The van der Waals surface area contributed by atoms with E-state index in [9.17, 15) is 30.0 Å². The third kappa shape index (κ3) is 4.98. The van der Waals surface area contributed by atoms with Gasteiger partial charge in [0.2, 0.25) is 0 Å². The topological polar surface area (TPSA) is 128 Å². The molecule has 0 radical (unpaired) electrons. The van der Waals surface area contributed by atoms with Crippen LogP contribution in [0.25, 0.3) is 0 Å². The molecule has 7 nitrogen and oxygen atoms in total. The summed E-state index contributed by atoms with van der Waals surface area (Å²) in [5.41, 5.74) is -0.994. The fourth-order valence-electron chi connectivity index (χ4n) is 3.45. The van der Waals surface area contributed by atoms with E-state index in [0.717, 1.165) is 0 Å². The van der Waals surface area contributed by atoms with Crippen molar-refractivity contribution in [3.05, 3.63) is 12.2 Å². The highest BCUT2D eigenvalue weighted by Crippen LogP contribution is 2.46. The summed E-state index contributed by atoms with van der Waals surface area (Å²) in [5.74, 6) is -3.34. The zero-order valence-corrected chi connectivity index (χ0v) is 16.0. The third-order valence-corrected chi connectivity index (χ3v) is 5.25. The summed E-state index contributed by atoms with van der Waals surface area (Å²) in [6.07, 6.45) is 0.816. The maximum atomic E-state index is 12.7. The number of hydrogen-bond acceptors (Lipinski definition) is 7. The van der Waals surface area contributed by atoms with Crippen LogP contribution in [0.15, 0.2) is 12.2 Å². The normalized spacial score (nSPS) is 28.4. The van der Waals surface area contributed by atoms with Crippen LogP contribution in [0.5, 0.6) is 0 Å². The van der Waals surface area contributed by atoms with Crippen molar-refractivity contribution in [2.45, 2.75) is 64.4 Å². The number of Topliss-reactive ketones (excluding diaryl/α,β-unsaturated/α-hetero) is 2. The lowest BCUT2D eigenvalue weighted by atomic mass is 9.79. The number of allylic oxidation sites excluding steroid dienone is 1. The molecule has 1 aliphatic rings. The van der Waals surface area contributed by atoms with Gasteiger partial charge in [-0.25, -0.2) is 0 Å². The largest absolute Gasteiger partial charge is 0.396 e. The van der Waals surface area contributed by atoms with Crippen LogP contribution in [0.3, 0.4) is 0 Å². The zero-order chi connectivity index (χ0) is 20.1. The van der Waals surface area contributed by atoms with Crippen molar-refractivity contribution in [3.8, 4) is 0 Å². The number of aliphatic hydroxyl groups excluding tert-OH is 4. The van der Waals surface area contributed by atoms with Gasteiger partial charge < -0.3 is 25.2 Å². The maximum Gasteiger partial charge on any atom is 0.148 e. The summed E-state index contributed by atoms with van der Waals surface area (Å²) in [5, 5.41) is 40.0. The van der Waals surface area contributed by atoms with Crippen LogP contribution in [0, 0.1) is 17.8 Å². The van der Waals surface area contributed by atoms with Gasteiger partial charge in [-0.15, -0.1) is 0 Å². The smallest absolute Gasteiger partial charge is 0.148 e. The van der Waals surface area contributed by atoms with Crippen molar-refractivity contribution in [1.82, 2.24) is 0 Å². The van der Waals surface area contributed by atoms with Gasteiger partial charge in [0.15, 0.2) is 0 Å². The van der Waals surface area contributed by atoms with Gasteiger partial charge in [-0.05, 0) is 13.8 Å². The summed E-state index contributed by atoms with van der Waals surface area (Å²) in [4.78, 5) is 24.2. The summed E-state index contributed by atoms with van der Waals surface area (Å²) < 4.78 is 5.63. The van der Waals surface area contributed by atoms with Crippen molar-refractivity contribution in [2.24, 2.45) is 17.8 Å². The molecule has 1 saturated heterocycles. The van der Waals surface area contributed by atoms with Crippen molar-refractivity contribution >= 4 is 11.6 Å². The first kappa shape index (κ1) is 22.9. The van der Waals surface area contributed by atoms with Crippen LogP contribution < -0.4 is 0 Å². The molecule has 0 spiro atoms. The molecule has 0 aromatic heterocycles. The van der Waals surface area contributed by atoms with Gasteiger partial charge in [-0.1, -0.05) is 26.0 Å².